The van der Waals surface area contributed by atoms with Gasteiger partial charge in [-0.25, -0.2) is 4.79 Å². The molecule has 2 aromatic rings. The highest BCUT2D eigenvalue weighted by molar-refractivity contribution is 5.85. The number of ether oxygens (including phenoxy) is 1. The summed E-state index contributed by atoms with van der Waals surface area (Å²) >= 11 is 0. The van der Waals surface area contributed by atoms with E-state index in [2.05, 4.69) is 0 Å². The number of benzene rings is 1. The van der Waals surface area contributed by atoms with Gasteiger partial charge in [0.1, 0.15) is 11.4 Å². The van der Waals surface area contributed by atoms with Crippen LogP contribution >= 0.6 is 0 Å². The Morgan fingerprint density at radius 2 is 2.05 bits per heavy atom. The van der Waals surface area contributed by atoms with Gasteiger partial charge in [0.25, 0.3) is 5.56 Å². The normalized spacial score (nSPS) is 16.5. The van der Waals surface area contributed by atoms with Crippen LogP contribution in [0, 0.1) is 0 Å². The summed E-state index contributed by atoms with van der Waals surface area (Å²) in [5.41, 5.74) is 0.704. The average molecular weight is 271 g/mol. The summed E-state index contributed by atoms with van der Waals surface area (Å²) in [4.78, 5) is 23.1. The number of para-hydroxylation sites is 1. The summed E-state index contributed by atoms with van der Waals surface area (Å²) in [6.07, 6.45) is 0. The Morgan fingerprint density at radius 3 is 2.85 bits per heavy atom. The zero-order valence-electron chi connectivity index (χ0n) is 10.7. The minimum atomic E-state index is -1.10. The van der Waals surface area contributed by atoms with Crippen LogP contribution in [0.3, 0.4) is 0 Å². The molecule has 0 radical (unpaired) electrons. The lowest BCUT2D eigenvalue weighted by Crippen LogP contribution is -2.28. The number of aromatic nitrogens is 1. The molecule has 0 saturated carbocycles. The Kier molecular flexibility index (Phi) is 3.02. The number of hydrogen-bond donors (Lipinski definition) is 1. The quantitative estimate of drug-likeness (QED) is 0.923. The lowest BCUT2D eigenvalue weighted by molar-refractivity contribution is 0.0682. The molecule has 5 nitrogen and oxygen atoms in total. The van der Waals surface area contributed by atoms with Crippen LogP contribution in [0.15, 0.2) is 47.3 Å². The van der Waals surface area contributed by atoms with E-state index in [-0.39, 0.29) is 17.2 Å². The van der Waals surface area contributed by atoms with Gasteiger partial charge in [0.2, 0.25) is 0 Å². The van der Waals surface area contributed by atoms with Crippen LogP contribution in [0.2, 0.25) is 0 Å². The van der Waals surface area contributed by atoms with E-state index in [0.29, 0.717) is 13.2 Å². The summed E-state index contributed by atoms with van der Waals surface area (Å²) in [7, 11) is 0. The van der Waals surface area contributed by atoms with Gasteiger partial charge < -0.3 is 14.4 Å². The number of carbonyl (C=O) groups is 1. The van der Waals surface area contributed by atoms with Gasteiger partial charge in [0.05, 0.1) is 6.61 Å². The Hall–Kier alpha value is -2.56. The number of pyridine rings is 1. The predicted octanol–water partition coefficient (Wildman–Crippen LogP) is 1.72. The van der Waals surface area contributed by atoms with E-state index >= 15 is 0 Å². The Bertz CT molecular complexity index is 720. The van der Waals surface area contributed by atoms with Gasteiger partial charge in [0.15, 0.2) is 0 Å². The minimum absolute atomic E-state index is 0.00174. The highest BCUT2D eigenvalue weighted by Crippen LogP contribution is 2.34. The molecule has 0 saturated heterocycles. The maximum absolute atomic E-state index is 11.9. The van der Waals surface area contributed by atoms with Crippen molar-refractivity contribution < 1.29 is 14.6 Å². The first-order chi connectivity index (χ1) is 9.66. The molecule has 1 atom stereocenters. The first kappa shape index (κ1) is 12.5. The van der Waals surface area contributed by atoms with Gasteiger partial charge in [0, 0.05) is 24.1 Å². The first-order valence-corrected chi connectivity index (χ1v) is 6.31. The molecule has 0 spiro atoms. The number of aromatic carboxylic acids is 1. The molecular weight excluding hydrogens is 258 g/mol. The van der Waals surface area contributed by atoms with Crippen LogP contribution in [0.4, 0.5) is 0 Å². The molecule has 0 amide bonds. The third-order valence-corrected chi connectivity index (χ3v) is 3.47. The average Bonchev–Trinajstić information content (AvgIpc) is 2.84. The number of nitrogens with zero attached hydrogens (tertiary/aromatic N) is 1. The van der Waals surface area contributed by atoms with Crippen LogP contribution in [0.25, 0.3) is 0 Å². The molecule has 1 aliphatic rings. The molecule has 3 rings (SSSR count). The third-order valence-electron chi connectivity index (χ3n) is 3.47. The van der Waals surface area contributed by atoms with Gasteiger partial charge in [-0.05, 0) is 12.1 Å². The molecule has 20 heavy (non-hydrogen) atoms. The fourth-order valence-corrected chi connectivity index (χ4v) is 2.50. The molecule has 1 unspecified atom stereocenters. The number of fused-ring (bicyclic) bond motifs is 1. The molecule has 1 aliphatic heterocycles. The van der Waals surface area contributed by atoms with E-state index in [1.165, 1.54) is 22.8 Å². The van der Waals surface area contributed by atoms with E-state index in [1.807, 2.05) is 24.3 Å². The second-order valence-electron chi connectivity index (χ2n) is 4.71. The summed E-state index contributed by atoms with van der Waals surface area (Å²) in [5.74, 6) is -0.308. The van der Waals surface area contributed by atoms with Gasteiger partial charge >= 0.3 is 5.97 Å². The SMILES string of the molecule is O=C(O)c1cccc(=O)n1CC1COc2ccccc21. The van der Waals surface area contributed by atoms with E-state index in [1.54, 1.807) is 0 Å². The minimum Gasteiger partial charge on any atom is -0.493 e. The lowest BCUT2D eigenvalue weighted by atomic mass is 10.0. The molecule has 1 N–H and O–H groups in total. The Balaban J connectivity index is 1.98. The molecular formula is C15H13NO4. The maximum atomic E-state index is 11.9. The van der Waals surface area contributed by atoms with Crippen molar-refractivity contribution in [3.05, 3.63) is 64.1 Å². The fourth-order valence-electron chi connectivity index (χ4n) is 2.50. The summed E-state index contributed by atoms with van der Waals surface area (Å²) in [6.45, 7) is 0.762. The standard InChI is InChI=1S/C15H13NO4/c17-14-7-3-5-12(15(18)19)16(14)8-10-9-20-13-6-2-1-4-11(10)13/h1-7,10H,8-9H2,(H,18,19). The topological polar surface area (TPSA) is 68.5 Å². The number of carboxylic acid groups (broad SMARTS) is 1. The summed E-state index contributed by atoms with van der Waals surface area (Å²) in [5, 5.41) is 9.17. The van der Waals surface area contributed by atoms with Crippen molar-refractivity contribution in [2.24, 2.45) is 0 Å². The zero-order chi connectivity index (χ0) is 14.1. The van der Waals surface area contributed by atoms with Crippen LogP contribution in [0.1, 0.15) is 22.0 Å². The van der Waals surface area contributed by atoms with Crippen molar-refractivity contribution in [3.8, 4) is 5.75 Å². The van der Waals surface area contributed by atoms with E-state index in [4.69, 9.17) is 9.84 Å². The number of rotatable bonds is 3. The van der Waals surface area contributed by atoms with Crippen molar-refractivity contribution in [2.75, 3.05) is 6.61 Å². The molecule has 2 heterocycles. The highest BCUT2D eigenvalue weighted by Gasteiger charge is 2.25. The number of carboxylic acids is 1. The van der Waals surface area contributed by atoms with Crippen molar-refractivity contribution in [1.82, 2.24) is 4.57 Å². The van der Waals surface area contributed by atoms with E-state index in [9.17, 15) is 9.59 Å². The molecule has 1 aromatic heterocycles. The second-order valence-corrected chi connectivity index (χ2v) is 4.71. The summed E-state index contributed by atoms with van der Waals surface area (Å²) in [6, 6.07) is 11.9. The molecule has 0 fully saturated rings. The second kappa shape index (κ2) is 4.85. The van der Waals surface area contributed by atoms with Crippen LogP contribution in [0.5, 0.6) is 5.75 Å². The van der Waals surface area contributed by atoms with Crippen molar-refractivity contribution in [3.63, 3.8) is 0 Å². The van der Waals surface area contributed by atoms with Crippen molar-refractivity contribution in [2.45, 2.75) is 12.5 Å². The molecule has 102 valence electrons. The smallest absolute Gasteiger partial charge is 0.352 e. The first-order valence-electron chi connectivity index (χ1n) is 6.31. The molecule has 5 heteroatoms. The van der Waals surface area contributed by atoms with Gasteiger partial charge in [-0.15, -0.1) is 0 Å². The molecule has 1 aromatic carbocycles. The molecule has 0 bridgehead atoms. The highest BCUT2D eigenvalue weighted by atomic mass is 16.5. The Labute approximate surface area is 115 Å². The lowest BCUT2D eigenvalue weighted by Gasteiger charge is -2.13. The van der Waals surface area contributed by atoms with Gasteiger partial charge in [-0.2, -0.15) is 0 Å². The summed E-state index contributed by atoms with van der Waals surface area (Å²) < 4.78 is 6.85. The fraction of sp³-hybridized carbons (Fsp3) is 0.200. The van der Waals surface area contributed by atoms with Crippen LogP contribution in [-0.2, 0) is 6.54 Å². The van der Waals surface area contributed by atoms with Gasteiger partial charge in [-0.1, -0.05) is 24.3 Å². The van der Waals surface area contributed by atoms with Gasteiger partial charge in [-0.3, -0.25) is 4.79 Å². The van der Waals surface area contributed by atoms with Crippen molar-refractivity contribution >= 4 is 5.97 Å². The third kappa shape index (κ3) is 2.07. The monoisotopic (exact) mass is 271 g/mol. The number of hydrogen-bond acceptors (Lipinski definition) is 3. The van der Waals surface area contributed by atoms with Crippen LogP contribution in [-0.4, -0.2) is 22.2 Å². The molecule has 0 aliphatic carbocycles. The zero-order valence-corrected chi connectivity index (χ0v) is 10.7. The maximum Gasteiger partial charge on any atom is 0.352 e. The Morgan fingerprint density at radius 1 is 1.25 bits per heavy atom. The van der Waals surface area contributed by atoms with Crippen molar-refractivity contribution in [1.29, 1.82) is 0 Å². The largest absolute Gasteiger partial charge is 0.493 e. The van der Waals surface area contributed by atoms with Crippen LogP contribution < -0.4 is 10.3 Å². The van der Waals surface area contributed by atoms with E-state index in [0.717, 1.165) is 11.3 Å². The van der Waals surface area contributed by atoms with E-state index < -0.39 is 5.97 Å². The predicted molar refractivity (Wildman–Crippen MR) is 72.3 cm³/mol.